The molecule has 2 nitrogen and oxygen atoms in total. The third-order valence-corrected chi connectivity index (χ3v) is 2.92. The number of nitrogens with two attached hydrogens (primary N) is 1. The molecule has 0 spiro atoms. The Morgan fingerprint density at radius 1 is 1.19 bits per heavy atom. The Morgan fingerprint density at radius 3 is 2.12 bits per heavy atom. The van der Waals surface area contributed by atoms with E-state index in [1.807, 2.05) is 0 Å². The average molecular weight is 284 g/mol. The summed E-state index contributed by atoms with van der Waals surface area (Å²) in [6.07, 6.45) is 5.12. The van der Waals surface area contributed by atoms with Crippen molar-refractivity contribution in [3.05, 3.63) is 28.0 Å². The van der Waals surface area contributed by atoms with E-state index in [0.29, 0.717) is 16.0 Å². The van der Waals surface area contributed by atoms with E-state index in [1.165, 1.54) is 0 Å². The second-order valence-electron chi connectivity index (χ2n) is 4.09. The lowest BCUT2D eigenvalue weighted by molar-refractivity contribution is 0.507. The number of halogens is 3. The fraction of sp³-hybridized carbons (Fsp3) is 0.545. The quantitative estimate of drug-likeness (QED) is 0.897. The highest BCUT2D eigenvalue weighted by atomic mass is 35.5. The van der Waals surface area contributed by atoms with Crippen LogP contribution in [-0.4, -0.2) is 4.98 Å². The molecule has 1 atom stereocenters. The van der Waals surface area contributed by atoms with E-state index in [0.717, 1.165) is 18.4 Å². The first-order chi connectivity index (χ1) is 7.02. The minimum atomic E-state index is -0.101. The summed E-state index contributed by atoms with van der Waals surface area (Å²) < 4.78 is 0. The Kier molecular flexibility index (Phi) is 7.32. The van der Waals surface area contributed by atoms with Gasteiger partial charge < -0.3 is 5.73 Å². The summed E-state index contributed by atoms with van der Waals surface area (Å²) in [5.74, 6) is 0.635. The van der Waals surface area contributed by atoms with Crippen LogP contribution in [0.3, 0.4) is 0 Å². The molecule has 1 aromatic heterocycles. The first kappa shape index (κ1) is 16.0. The monoisotopic (exact) mass is 282 g/mol. The highest BCUT2D eigenvalue weighted by Crippen LogP contribution is 2.30. The lowest BCUT2D eigenvalue weighted by atomic mass is 9.99. The summed E-state index contributed by atoms with van der Waals surface area (Å²) in [4.78, 5) is 3.90. The Bertz CT molecular complexity index is 309. The lowest BCUT2D eigenvalue weighted by Crippen LogP contribution is -2.12. The molecule has 2 N–H and O–H groups in total. The van der Waals surface area contributed by atoms with Gasteiger partial charge in [-0.05, 0) is 18.8 Å². The van der Waals surface area contributed by atoms with E-state index in [1.54, 1.807) is 12.4 Å². The Hall–Kier alpha value is -0.0200. The molecule has 0 saturated heterocycles. The maximum Gasteiger partial charge on any atom is 0.0651 e. The van der Waals surface area contributed by atoms with Gasteiger partial charge in [-0.15, -0.1) is 12.4 Å². The second kappa shape index (κ2) is 7.33. The van der Waals surface area contributed by atoms with Gasteiger partial charge in [-0.2, -0.15) is 0 Å². The fourth-order valence-electron chi connectivity index (χ4n) is 1.43. The molecular weight excluding hydrogens is 266 g/mol. The van der Waals surface area contributed by atoms with Crippen LogP contribution in [0.1, 0.15) is 38.3 Å². The molecule has 1 heterocycles. The molecule has 5 heteroatoms. The number of hydrogen-bond donors (Lipinski definition) is 1. The van der Waals surface area contributed by atoms with Crippen LogP contribution in [0.15, 0.2) is 12.4 Å². The summed E-state index contributed by atoms with van der Waals surface area (Å²) in [5.41, 5.74) is 6.86. The van der Waals surface area contributed by atoms with Crippen LogP contribution < -0.4 is 5.73 Å². The van der Waals surface area contributed by atoms with Gasteiger partial charge in [0.15, 0.2) is 0 Å². The highest BCUT2D eigenvalue weighted by molar-refractivity contribution is 6.35. The van der Waals surface area contributed by atoms with Crippen LogP contribution in [0.2, 0.25) is 10.0 Å². The van der Waals surface area contributed by atoms with Gasteiger partial charge in [-0.1, -0.05) is 37.0 Å². The largest absolute Gasteiger partial charge is 0.324 e. The molecule has 0 unspecified atom stereocenters. The van der Waals surface area contributed by atoms with Crippen molar-refractivity contribution in [2.24, 2.45) is 11.7 Å². The Labute approximate surface area is 113 Å². The van der Waals surface area contributed by atoms with E-state index in [9.17, 15) is 0 Å². The summed E-state index contributed by atoms with van der Waals surface area (Å²) in [7, 11) is 0. The van der Waals surface area contributed by atoms with E-state index >= 15 is 0 Å². The SMILES string of the molecule is CC(C)CC[C@@H](N)c1c(Cl)cncc1Cl.Cl. The van der Waals surface area contributed by atoms with Crippen molar-refractivity contribution in [2.75, 3.05) is 0 Å². The van der Waals surface area contributed by atoms with Gasteiger partial charge in [0.25, 0.3) is 0 Å². The number of rotatable bonds is 4. The fourth-order valence-corrected chi connectivity index (χ4v) is 2.08. The highest BCUT2D eigenvalue weighted by Gasteiger charge is 2.14. The molecule has 0 fully saturated rings. The molecule has 0 bridgehead atoms. The zero-order valence-electron chi connectivity index (χ0n) is 9.41. The molecule has 0 amide bonds. The number of hydrogen-bond acceptors (Lipinski definition) is 2. The smallest absolute Gasteiger partial charge is 0.0651 e. The van der Waals surface area contributed by atoms with Crippen molar-refractivity contribution in [3.63, 3.8) is 0 Å². The summed E-state index contributed by atoms with van der Waals surface area (Å²) in [6, 6.07) is -0.101. The molecule has 92 valence electrons. The molecule has 16 heavy (non-hydrogen) atoms. The zero-order valence-corrected chi connectivity index (χ0v) is 11.7. The van der Waals surface area contributed by atoms with Crippen LogP contribution in [0.5, 0.6) is 0 Å². The van der Waals surface area contributed by atoms with Crippen molar-refractivity contribution in [1.29, 1.82) is 0 Å². The van der Waals surface area contributed by atoms with Crippen LogP contribution in [0, 0.1) is 5.92 Å². The van der Waals surface area contributed by atoms with Gasteiger partial charge in [0.1, 0.15) is 0 Å². The van der Waals surface area contributed by atoms with Crippen molar-refractivity contribution in [3.8, 4) is 0 Å². The number of nitrogens with zero attached hydrogens (tertiary/aromatic N) is 1. The maximum absolute atomic E-state index is 6.05. The Morgan fingerprint density at radius 2 is 1.69 bits per heavy atom. The van der Waals surface area contributed by atoms with Crippen molar-refractivity contribution in [1.82, 2.24) is 4.98 Å². The van der Waals surface area contributed by atoms with Gasteiger partial charge in [0.2, 0.25) is 0 Å². The molecule has 0 aliphatic carbocycles. The second-order valence-corrected chi connectivity index (χ2v) is 4.91. The summed E-state index contributed by atoms with van der Waals surface area (Å²) >= 11 is 12.0. The van der Waals surface area contributed by atoms with Crippen LogP contribution in [0.25, 0.3) is 0 Å². The molecular formula is C11H17Cl3N2. The minimum Gasteiger partial charge on any atom is -0.324 e. The van der Waals surface area contributed by atoms with E-state index in [-0.39, 0.29) is 18.4 Å². The van der Waals surface area contributed by atoms with E-state index in [2.05, 4.69) is 18.8 Å². The molecule has 1 aromatic rings. The summed E-state index contributed by atoms with van der Waals surface area (Å²) in [5, 5.41) is 1.11. The third kappa shape index (κ3) is 4.46. The third-order valence-electron chi connectivity index (χ3n) is 2.32. The molecule has 1 rings (SSSR count). The zero-order chi connectivity index (χ0) is 11.4. The topological polar surface area (TPSA) is 38.9 Å². The van der Waals surface area contributed by atoms with E-state index < -0.39 is 0 Å². The summed E-state index contributed by atoms with van der Waals surface area (Å²) in [6.45, 7) is 4.34. The van der Waals surface area contributed by atoms with Crippen molar-refractivity contribution >= 4 is 35.6 Å². The van der Waals surface area contributed by atoms with Gasteiger partial charge in [0.05, 0.1) is 10.0 Å². The standard InChI is InChI=1S/C11H16Cl2N2.ClH/c1-7(2)3-4-10(14)11-8(12)5-15-6-9(11)13;/h5-7,10H,3-4,14H2,1-2H3;1H/t10-;/m1./s1. The van der Waals surface area contributed by atoms with Gasteiger partial charge in [-0.25, -0.2) is 0 Å². The number of pyridine rings is 1. The van der Waals surface area contributed by atoms with Crippen LogP contribution in [0.4, 0.5) is 0 Å². The van der Waals surface area contributed by atoms with Crippen molar-refractivity contribution < 1.29 is 0 Å². The number of aromatic nitrogens is 1. The first-order valence-corrected chi connectivity index (χ1v) is 5.82. The molecule has 0 radical (unpaired) electrons. The van der Waals surface area contributed by atoms with Gasteiger partial charge in [-0.3, -0.25) is 4.98 Å². The maximum atomic E-state index is 6.05. The molecule has 0 aliphatic rings. The normalized spacial score (nSPS) is 12.4. The van der Waals surface area contributed by atoms with Crippen LogP contribution in [-0.2, 0) is 0 Å². The first-order valence-electron chi connectivity index (χ1n) is 5.06. The predicted molar refractivity (Wildman–Crippen MR) is 72.5 cm³/mol. The van der Waals surface area contributed by atoms with Gasteiger partial charge >= 0.3 is 0 Å². The average Bonchev–Trinajstić information content (AvgIpc) is 2.14. The Balaban J connectivity index is 0.00000225. The predicted octanol–water partition coefficient (Wildman–Crippen LogP) is 4.25. The molecule has 0 aromatic carbocycles. The molecule has 0 aliphatic heterocycles. The lowest BCUT2D eigenvalue weighted by Gasteiger charge is -2.15. The minimum absolute atomic E-state index is 0. The molecule has 0 saturated carbocycles. The van der Waals surface area contributed by atoms with Crippen LogP contribution >= 0.6 is 35.6 Å². The van der Waals surface area contributed by atoms with Crippen molar-refractivity contribution in [2.45, 2.75) is 32.7 Å². The van der Waals surface area contributed by atoms with E-state index in [4.69, 9.17) is 28.9 Å². The van der Waals surface area contributed by atoms with Gasteiger partial charge in [0, 0.05) is 24.0 Å².